The van der Waals surface area contributed by atoms with Crippen molar-refractivity contribution in [1.29, 1.82) is 0 Å². The van der Waals surface area contributed by atoms with Crippen LogP contribution >= 0.6 is 0 Å². The van der Waals surface area contributed by atoms with Gasteiger partial charge in [0.05, 0.1) is 10.6 Å². The number of hydrogen-bond donors (Lipinski definition) is 1. The summed E-state index contributed by atoms with van der Waals surface area (Å²) in [7, 11) is -3.60. The van der Waals surface area contributed by atoms with Crippen molar-refractivity contribution < 1.29 is 18.0 Å². The number of aryl methyl sites for hydroxylation is 1. The summed E-state index contributed by atoms with van der Waals surface area (Å²) in [5, 5.41) is 2.75. The van der Waals surface area contributed by atoms with Gasteiger partial charge in [0.1, 0.15) is 0 Å². The molecule has 31 heavy (non-hydrogen) atoms. The average molecular weight is 441 g/mol. The monoisotopic (exact) mass is 440 g/mol. The van der Waals surface area contributed by atoms with Crippen LogP contribution in [0, 0.1) is 5.92 Å². The van der Waals surface area contributed by atoms with Crippen molar-refractivity contribution >= 4 is 33.0 Å². The maximum atomic E-state index is 12.8. The van der Waals surface area contributed by atoms with Crippen LogP contribution in [0.15, 0.2) is 47.4 Å². The molecular weight excluding hydrogens is 412 g/mol. The summed E-state index contributed by atoms with van der Waals surface area (Å²) >= 11 is 0. The minimum Gasteiger partial charge on any atom is -0.326 e. The average Bonchev–Trinajstić information content (AvgIpc) is 3.54. The molecule has 0 unspecified atom stereocenters. The number of nitrogens with zero attached hydrogens (tertiary/aromatic N) is 1. The maximum absolute atomic E-state index is 12.8. The van der Waals surface area contributed by atoms with Gasteiger partial charge < -0.3 is 10.2 Å². The second-order valence-corrected chi connectivity index (χ2v) is 10.6. The number of amides is 2. The molecule has 6 nitrogen and oxygen atoms in total. The highest BCUT2D eigenvalue weighted by Crippen LogP contribution is 2.39. The molecule has 1 atom stereocenters. The molecule has 164 valence electrons. The molecule has 2 aliphatic rings. The Morgan fingerprint density at radius 1 is 1.10 bits per heavy atom. The third-order valence-corrected chi connectivity index (χ3v) is 7.75. The van der Waals surface area contributed by atoms with E-state index in [0.717, 1.165) is 30.5 Å². The van der Waals surface area contributed by atoms with Crippen molar-refractivity contribution in [1.82, 2.24) is 0 Å². The summed E-state index contributed by atoms with van der Waals surface area (Å²) in [5.74, 6) is -0.326. The lowest BCUT2D eigenvalue weighted by Crippen LogP contribution is -2.36. The van der Waals surface area contributed by atoms with Crippen molar-refractivity contribution in [2.24, 2.45) is 5.92 Å². The second kappa shape index (κ2) is 8.46. The molecule has 1 aliphatic carbocycles. The third-order valence-electron chi connectivity index (χ3n) is 6.03. The molecule has 1 saturated carbocycles. The maximum Gasteiger partial charge on any atom is 0.230 e. The summed E-state index contributed by atoms with van der Waals surface area (Å²) in [6, 6.07) is 12.5. The zero-order chi connectivity index (χ0) is 22.2. The lowest BCUT2D eigenvalue weighted by molar-refractivity contribution is -0.120. The predicted octanol–water partition coefficient (Wildman–Crippen LogP) is 3.74. The highest BCUT2D eigenvalue weighted by atomic mass is 32.2. The van der Waals surface area contributed by atoms with Gasteiger partial charge in [-0.2, -0.15) is 0 Å². The predicted molar refractivity (Wildman–Crippen MR) is 121 cm³/mol. The number of benzene rings is 2. The van der Waals surface area contributed by atoms with Gasteiger partial charge in [-0.1, -0.05) is 19.1 Å². The minimum atomic E-state index is -3.60. The van der Waals surface area contributed by atoms with Gasteiger partial charge in [0.25, 0.3) is 0 Å². The molecule has 4 rings (SSSR count). The van der Waals surface area contributed by atoms with E-state index < -0.39 is 9.84 Å². The van der Waals surface area contributed by atoms with Gasteiger partial charge in [0.15, 0.2) is 9.84 Å². The number of anilines is 2. The Labute approximate surface area is 183 Å². The van der Waals surface area contributed by atoms with Crippen molar-refractivity contribution in [3.05, 3.63) is 53.6 Å². The van der Waals surface area contributed by atoms with Gasteiger partial charge in [-0.3, -0.25) is 9.59 Å². The van der Waals surface area contributed by atoms with Crippen LogP contribution in [-0.4, -0.2) is 32.0 Å². The zero-order valence-electron chi connectivity index (χ0n) is 17.9. The number of sulfone groups is 1. The van der Waals surface area contributed by atoms with Crippen LogP contribution in [0.3, 0.4) is 0 Å². The van der Waals surface area contributed by atoms with E-state index in [9.17, 15) is 18.0 Å². The van der Waals surface area contributed by atoms with E-state index in [1.54, 1.807) is 18.2 Å². The van der Waals surface area contributed by atoms with Crippen molar-refractivity contribution in [3.63, 3.8) is 0 Å². The molecule has 0 radical (unpaired) electrons. The quantitative estimate of drug-likeness (QED) is 0.711. The van der Waals surface area contributed by atoms with E-state index in [2.05, 4.69) is 12.2 Å². The van der Waals surface area contributed by atoms with Crippen molar-refractivity contribution in [3.8, 4) is 0 Å². The number of carbonyl (C=O) groups is 2. The molecule has 0 aromatic heterocycles. The molecule has 0 saturated heterocycles. The highest BCUT2D eigenvalue weighted by molar-refractivity contribution is 7.91. The van der Waals surface area contributed by atoms with E-state index in [-0.39, 0.29) is 40.8 Å². The first-order valence-corrected chi connectivity index (χ1v) is 12.5. The molecule has 2 aromatic carbocycles. The molecule has 0 bridgehead atoms. The summed E-state index contributed by atoms with van der Waals surface area (Å²) in [5.41, 5.74) is 3.52. The van der Waals surface area contributed by atoms with Crippen LogP contribution in [0.5, 0.6) is 0 Å². The molecular formula is C24H28N2O4S. The van der Waals surface area contributed by atoms with Gasteiger partial charge in [-0.15, -0.1) is 0 Å². The molecule has 1 aliphatic heterocycles. The lowest BCUT2D eigenvalue weighted by Gasteiger charge is -2.22. The molecule has 2 amide bonds. The van der Waals surface area contributed by atoms with E-state index in [1.807, 2.05) is 36.1 Å². The summed E-state index contributed by atoms with van der Waals surface area (Å²) in [4.78, 5) is 26.9. The number of fused-ring (bicyclic) bond motifs is 1. The zero-order valence-corrected chi connectivity index (χ0v) is 18.7. The Kier molecular flexibility index (Phi) is 5.88. The highest BCUT2D eigenvalue weighted by Gasteiger charge is 2.39. The Morgan fingerprint density at radius 3 is 2.45 bits per heavy atom. The van der Waals surface area contributed by atoms with Crippen LogP contribution < -0.4 is 10.2 Å². The van der Waals surface area contributed by atoms with Gasteiger partial charge in [0.2, 0.25) is 11.8 Å². The van der Waals surface area contributed by atoms with Gasteiger partial charge in [0, 0.05) is 29.8 Å². The molecule has 1 fully saturated rings. The number of carbonyl (C=O) groups excluding carboxylic acids is 2. The Hall–Kier alpha value is -2.67. The Morgan fingerprint density at radius 2 is 1.81 bits per heavy atom. The largest absolute Gasteiger partial charge is 0.326 e. The number of hydrogen-bond acceptors (Lipinski definition) is 4. The third kappa shape index (κ3) is 4.66. The van der Waals surface area contributed by atoms with Gasteiger partial charge in [-0.05, 0) is 74.1 Å². The fraction of sp³-hybridized carbons (Fsp3) is 0.417. The van der Waals surface area contributed by atoms with Crippen molar-refractivity contribution in [2.45, 2.75) is 56.9 Å². The summed E-state index contributed by atoms with van der Waals surface area (Å²) in [6.45, 7) is 4.05. The van der Waals surface area contributed by atoms with Crippen LogP contribution in [-0.2, 0) is 32.3 Å². The van der Waals surface area contributed by atoms with Crippen LogP contribution in [0.4, 0.5) is 11.4 Å². The topological polar surface area (TPSA) is 83.6 Å². The molecule has 1 heterocycles. The first-order chi connectivity index (χ1) is 14.8. The van der Waals surface area contributed by atoms with E-state index in [4.69, 9.17) is 0 Å². The SMILES string of the molecule is CCc1ccc(NC(=O)CCS(=O)(=O)c2ccc3c(c2)C[C@@H](C)N3C(=O)C2CC2)cc1. The fourth-order valence-corrected chi connectivity index (χ4v) is 5.34. The van der Waals surface area contributed by atoms with Gasteiger partial charge >= 0.3 is 0 Å². The molecule has 1 N–H and O–H groups in total. The summed E-state index contributed by atoms with van der Waals surface area (Å²) < 4.78 is 25.7. The van der Waals surface area contributed by atoms with Gasteiger partial charge in [-0.25, -0.2) is 8.42 Å². The minimum absolute atomic E-state index is 0.0333. The smallest absolute Gasteiger partial charge is 0.230 e. The van der Waals surface area contributed by atoms with Crippen molar-refractivity contribution in [2.75, 3.05) is 16.0 Å². The van der Waals surface area contributed by atoms with Crippen LogP contribution in [0.25, 0.3) is 0 Å². The van der Waals surface area contributed by atoms with E-state index in [0.29, 0.717) is 12.1 Å². The fourth-order valence-electron chi connectivity index (χ4n) is 4.06. The normalized spacial score (nSPS) is 18.0. The number of nitrogens with one attached hydrogen (secondary N) is 1. The van der Waals surface area contributed by atoms with Crippen LogP contribution in [0.1, 0.15) is 44.2 Å². The first kappa shape index (κ1) is 21.6. The number of rotatable bonds is 7. The molecule has 0 spiro atoms. The van der Waals surface area contributed by atoms with E-state index in [1.165, 1.54) is 5.56 Å². The molecule has 7 heteroatoms. The Balaban J connectivity index is 1.41. The lowest BCUT2D eigenvalue weighted by atomic mass is 10.1. The Bertz CT molecular complexity index is 1100. The van der Waals surface area contributed by atoms with Crippen LogP contribution in [0.2, 0.25) is 0 Å². The second-order valence-electron chi connectivity index (χ2n) is 8.49. The summed E-state index contributed by atoms with van der Waals surface area (Å²) in [6.07, 6.45) is 3.32. The first-order valence-electron chi connectivity index (χ1n) is 10.9. The standard InChI is InChI=1S/C24H28N2O4S/c1-3-17-4-8-20(9-5-17)25-23(27)12-13-31(29,30)21-10-11-22-19(15-21)14-16(2)26(22)24(28)18-6-7-18/h4-5,8-11,15-16,18H,3,6-7,12-14H2,1-2H3,(H,25,27)/t16-/m1/s1. The van der Waals surface area contributed by atoms with E-state index >= 15 is 0 Å². The molecule has 2 aromatic rings.